The van der Waals surface area contributed by atoms with Crippen LogP contribution in [0.5, 0.6) is 0 Å². The van der Waals surface area contributed by atoms with Gasteiger partial charge in [-0.25, -0.2) is 0 Å². The zero-order valence-electron chi connectivity index (χ0n) is 66.4. The van der Waals surface area contributed by atoms with Crippen LogP contribution in [-0.2, 0) is 33.2 Å². The van der Waals surface area contributed by atoms with Crippen LogP contribution in [0.1, 0.15) is 341 Å². The Balaban J connectivity index is 1.33. The number of rotatable bonds is 69. The Hall–Kier alpha value is -2.77. The van der Waals surface area contributed by atoms with Crippen molar-refractivity contribution in [1.82, 2.24) is 5.32 Å². The number of unbranched alkanes of at least 4 members (excludes halogenated alkanes) is 43. The molecular formula is C87H157NO18. The molecule has 3 aliphatic heterocycles. The van der Waals surface area contributed by atoms with Gasteiger partial charge in [-0.05, 0) is 64.2 Å². The monoisotopic (exact) mass is 1500 g/mol. The quantitative estimate of drug-likeness (QED) is 0.0199. The van der Waals surface area contributed by atoms with Gasteiger partial charge in [0.2, 0.25) is 5.91 Å². The molecule has 19 nitrogen and oxygen atoms in total. The third-order valence-corrected chi connectivity index (χ3v) is 21.3. The van der Waals surface area contributed by atoms with Gasteiger partial charge in [-0.2, -0.15) is 0 Å². The van der Waals surface area contributed by atoms with Crippen molar-refractivity contribution >= 4 is 5.91 Å². The second-order valence-electron chi connectivity index (χ2n) is 30.6. The zero-order valence-corrected chi connectivity index (χ0v) is 66.4. The summed E-state index contributed by atoms with van der Waals surface area (Å²) in [5.41, 5.74) is 0. The Morgan fingerprint density at radius 1 is 0.349 bits per heavy atom. The summed E-state index contributed by atoms with van der Waals surface area (Å²) in [5.74, 6) is -0.270. The molecule has 0 aromatic rings. The van der Waals surface area contributed by atoms with Gasteiger partial charge in [-0.1, -0.05) is 344 Å². The van der Waals surface area contributed by atoms with Crippen molar-refractivity contribution in [3.05, 3.63) is 72.9 Å². The minimum Gasteiger partial charge on any atom is -0.394 e. The van der Waals surface area contributed by atoms with Crippen LogP contribution in [0.4, 0.5) is 0 Å². The highest BCUT2D eigenvalue weighted by Gasteiger charge is 2.54. The van der Waals surface area contributed by atoms with Gasteiger partial charge in [-0.15, -0.1) is 0 Å². The van der Waals surface area contributed by atoms with E-state index < -0.39 is 124 Å². The van der Waals surface area contributed by atoms with E-state index in [0.717, 1.165) is 77.0 Å². The fourth-order valence-corrected chi connectivity index (χ4v) is 14.4. The van der Waals surface area contributed by atoms with E-state index in [1.807, 2.05) is 6.08 Å². The summed E-state index contributed by atoms with van der Waals surface area (Å²) in [6, 6.07) is -0.976. The van der Waals surface area contributed by atoms with E-state index in [2.05, 4.69) is 79.9 Å². The van der Waals surface area contributed by atoms with E-state index in [-0.39, 0.29) is 18.9 Å². The summed E-state index contributed by atoms with van der Waals surface area (Å²) in [5, 5.41) is 121. The average Bonchev–Trinajstić information content (AvgIpc) is 0.780. The second-order valence-corrected chi connectivity index (χ2v) is 30.6. The van der Waals surface area contributed by atoms with Crippen molar-refractivity contribution in [1.29, 1.82) is 0 Å². The van der Waals surface area contributed by atoms with E-state index in [1.54, 1.807) is 6.08 Å². The minimum atomic E-state index is -1.98. The molecule has 0 aliphatic carbocycles. The number of amides is 1. The normalized spacial score (nSPS) is 26.0. The largest absolute Gasteiger partial charge is 0.394 e. The Bertz CT molecular complexity index is 2190. The maximum atomic E-state index is 13.5. The van der Waals surface area contributed by atoms with E-state index in [1.165, 1.54) is 238 Å². The number of nitrogens with one attached hydrogen (secondary N) is 1. The highest BCUT2D eigenvalue weighted by Crippen LogP contribution is 2.33. The Kier molecular flexibility index (Phi) is 61.4. The van der Waals surface area contributed by atoms with Gasteiger partial charge in [0.1, 0.15) is 73.2 Å². The molecule has 0 spiro atoms. The molecule has 3 aliphatic rings. The van der Waals surface area contributed by atoms with Gasteiger partial charge >= 0.3 is 0 Å². The van der Waals surface area contributed by atoms with Crippen molar-refractivity contribution in [2.24, 2.45) is 0 Å². The number of carbonyl (C=O) groups is 1. The van der Waals surface area contributed by atoms with Crippen molar-refractivity contribution in [3.8, 4) is 0 Å². The van der Waals surface area contributed by atoms with Crippen LogP contribution in [0.3, 0.4) is 0 Å². The first-order chi connectivity index (χ1) is 51.8. The van der Waals surface area contributed by atoms with E-state index in [4.69, 9.17) is 28.4 Å². The molecule has 17 unspecified atom stereocenters. The maximum Gasteiger partial charge on any atom is 0.220 e. The molecule has 12 N–H and O–H groups in total. The van der Waals surface area contributed by atoms with Crippen LogP contribution >= 0.6 is 0 Å². The number of carbonyl (C=O) groups excluding carboxylic acids is 1. The van der Waals surface area contributed by atoms with Crippen molar-refractivity contribution < 1.29 is 89.4 Å². The van der Waals surface area contributed by atoms with Gasteiger partial charge in [0.25, 0.3) is 0 Å². The minimum absolute atomic E-state index is 0.245. The molecule has 3 rings (SSSR count). The first-order valence-corrected chi connectivity index (χ1v) is 43.2. The molecule has 0 radical (unpaired) electrons. The summed E-state index contributed by atoms with van der Waals surface area (Å²) in [7, 11) is 0. The van der Waals surface area contributed by atoms with Crippen LogP contribution < -0.4 is 5.32 Å². The van der Waals surface area contributed by atoms with E-state index >= 15 is 0 Å². The lowest BCUT2D eigenvalue weighted by molar-refractivity contribution is -0.379. The second kappa shape index (κ2) is 66.8. The highest BCUT2D eigenvalue weighted by atomic mass is 16.8. The molecule has 19 heteroatoms. The van der Waals surface area contributed by atoms with Gasteiger partial charge < -0.3 is 89.9 Å². The highest BCUT2D eigenvalue weighted by molar-refractivity contribution is 5.76. The molecule has 3 saturated heterocycles. The van der Waals surface area contributed by atoms with E-state index in [0.29, 0.717) is 6.42 Å². The molecule has 0 bridgehead atoms. The third kappa shape index (κ3) is 45.7. The molecule has 3 heterocycles. The first-order valence-electron chi connectivity index (χ1n) is 43.2. The molecule has 1 amide bonds. The van der Waals surface area contributed by atoms with Gasteiger partial charge in [0, 0.05) is 6.42 Å². The van der Waals surface area contributed by atoms with Crippen LogP contribution in [0, 0.1) is 0 Å². The first kappa shape index (κ1) is 97.4. The Morgan fingerprint density at radius 3 is 1.02 bits per heavy atom. The fourth-order valence-electron chi connectivity index (χ4n) is 14.4. The fraction of sp³-hybridized carbons (Fsp3) is 0.851. The molecule has 106 heavy (non-hydrogen) atoms. The van der Waals surface area contributed by atoms with E-state index in [9.17, 15) is 61.0 Å². The number of hydrogen-bond acceptors (Lipinski definition) is 18. The Labute approximate surface area is 642 Å². The lowest BCUT2D eigenvalue weighted by Crippen LogP contribution is -2.66. The molecule has 0 aromatic heterocycles. The smallest absolute Gasteiger partial charge is 0.220 e. The topological polar surface area (TPSA) is 307 Å². The zero-order chi connectivity index (χ0) is 76.7. The number of ether oxygens (including phenoxy) is 6. The SMILES string of the molecule is CC/C=C\C/C=C\C/C=C\C/C=C\C/C=C\CCCCCCCCCCCCCCCCCCCCCCCC(=O)NC(COC1OC(CO)C(OC2OC(CO)C(OC3OC(CO)C(O)C(O)C3O)C(O)C2O)C(O)C1O)C(O)/C=C/CCCCCCCCCCCCCCCCCCCCCCCC. The summed E-state index contributed by atoms with van der Waals surface area (Å²) >= 11 is 0. The van der Waals surface area contributed by atoms with Gasteiger partial charge in [0.15, 0.2) is 18.9 Å². The lowest BCUT2D eigenvalue weighted by Gasteiger charge is -2.48. The van der Waals surface area contributed by atoms with Crippen LogP contribution in [0.25, 0.3) is 0 Å². The molecular weight excluding hydrogens is 1350 g/mol. The van der Waals surface area contributed by atoms with Crippen LogP contribution in [-0.4, -0.2) is 193 Å². The van der Waals surface area contributed by atoms with Crippen molar-refractivity contribution in [2.45, 2.75) is 446 Å². The van der Waals surface area contributed by atoms with Gasteiger partial charge in [-0.3, -0.25) is 4.79 Å². The maximum absolute atomic E-state index is 13.5. The average molecular weight is 1510 g/mol. The molecule has 618 valence electrons. The van der Waals surface area contributed by atoms with Crippen molar-refractivity contribution in [2.75, 3.05) is 26.4 Å². The standard InChI is InChI=1S/C87H157NO18/c1-3-5-7-9-11-13-15-17-19-21-23-25-27-29-30-31-32-33-34-35-36-37-38-39-40-41-43-45-47-49-51-53-55-57-59-61-63-65-75(93)88-70(71(92)64-62-60-58-56-54-52-50-48-46-44-42-28-26-24-22-20-18-16-14-12-10-8-6-4-2)69-101-85-81(99)78(96)83(73(67-90)103-85)106-87-82(100)79(97)84(74(68-91)104-87)105-86-80(98)77(95)76(94)72(66-89)102-86/h5,7,11,13,17,19,23,25,29-30,62,64,70-74,76-87,89-92,94-100H,3-4,6,8-10,12,14-16,18,20-22,24,26-28,31-61,63,65-69H2,1-2H3,(H,88,93)/b7-5-,13-11-,19-17-,25-23-,30-29-,64-62+. The predicted octanol–water partition coefficient (Wildman–Crippen LogP) is 15.6. The number of hydrogen-bond donors (Lipinski definition) is 12. The third-order valence-electron chi connectivity index (χ3n) is 21.3. The summed E-state index contributed by atoms with van der Waals surface area (Å²) in [6.45, 7) is 1.67. The Morgan fingerprint density at radius 2 is 0.651 bits per heavy atom. The number of allylic oxidation sites excluding steroid dienone is 11. The lowest BCUT2D eigenvalue weighted by atomic mass is 9.96. The molecule has 17 atom stereocenters. The van der Waals surface area contributed by atoms with Gasteiger partial charge in [0.05, 0.1) is 38.6 Å². The predicted molar refractivity (Wildman–Crippen MR) is 425 cm³/mol. The van der Waals surface area contributed by atoms with Crippen molar-refractivity contribution in [3.63, 3.8) is 0 Å². The number of aliphatic hydroxyl groups is 11. The van der Waals surface area contributed by atoms with Crippen LogP contribution in [0.2, 0.25) is 0 Å². The molecule has 3 fully saturated rings. The molecule has 0 saturated carbocycles. The van der Waals surface area contributed by atoms with Crippen LogP contribution in [0.15, 0.2) is 72.9 Å². The summed E-state index contributed by atoms with van der Waals surface area (Å²) in [4.78, 5) is 13.5. The number of aliphatic hydroxyl groups excluding tert-OH is 11. The molecule has 0 aromatic carbocycles. The summed E-state index contributed by atoms with van der Waals surface area (Å²) < 4.78 is 34.5. The summed E-state index contributed by atoms with van der Waals surface area (Å²) in [6.07, 6.45) is 61.8.